The van der Waals surface area contributed by atoms with Crippen molar-refractivity contribution < 1.29 is 18.0 Å². The Morgan fingerprint density at radius 2 is 1.73 bits per heavy atom. The van der Waals surface area contributed by atoms with Gasteiger partial charge in [-0.2, -0.15) is 0 Å². The Balaban J connectivity index is 2.43. The van der Waals surface area contributed by atoms with E-state index in [1.807, 2.05) is 57.2 Å². The van der Waals surface area contributed by atoms with Gasteiger partial charge in [-0.25, -0.2) is 8.42 Å². The summed E-state index contributed by atoms with van der Waals surface area (Å²) < 4.78 is 27.3. The van der Waals surface area contributed by atoms with E-state index >= 15 is 0 Å². The van der Waals surface area contributed by atoms with Crippen LogP contribution in [0.1, 0.15) is 38.8 Å². The van der Waals surface area contributed by atoms with E-state index in [9.17, 15) is 18.0 Å². The number of halogens is 1. The minimum atomic E-state index is -3.75. The van der Waals surface area contributed by atoms with Crippen LogP contribution in [0.3, 0.4) is 0 Å². The Hall–Kier alpha value is -2.39. The molecule has 0 aromatic heterocycles. The molecule has 2 amide bonds. The maximum absolute atomic E-state index is 13.5. The van der Waals surface area contributed by atoms with Crippen molar-refractivity contribution in [3.63, 3.8) is 0 Å². The molecule has 1 N–H and O–H groups in total. The smallest absolute Gasteiger partial charge is 0.244 e. The lowest BCUT2D eigenvalue weighted by Crippen LogP contribution is -2.52. The van der Waals surface area contributed by atoms with Gasteiger partial charge in [-0.05, 0) is 56.5 Å². The number of aryl methyl sites for hydroxylation is 1. The van der Waals surface area contributed by atoms with Crippen LogP contribution in [0, 0.1) is 0 Å². The van der Waals surface area contributed by atoms with Crippen LogP contribution in [0.2, 0.25) is 0 Å². The molecule has 0 heterocycles. The highest BCUT2D eigenvalue weighted by atomic mass is 79.9. The number of nitrogens with one attached hydrogen (secondary N) is 1. The molecule has 0 saturated heterocycles. The lowest BCUT2D eigenvalue weighted by atomic mass is 10.1. The third-order valence-corrected chi connectivity index (χ3v) is 6.78. The SMILES string of the molecule is CCc1ccccc1N(CC(=O)N(Cc1cccc(Br)c1)[C@@H](C)C(=O)NC(C)C)S(C)(=O)=O. The van der Waals surface area contributed by atoms with Gasteiger partial charge in [0.1, 0.15) is 12.6 Å². The number of rotatable bonds is 10. The number of hydrogen-bond acceptors (Lipinski definition) is 4. The van der Waals surface area contributed by atoms with Crippen molar-refractivity contribution in [3.8, 4) is 0 Å². The third-order valence-electron chi connectivity index (χ3n) is 5.16. The fourth-order valence-corrected chi connectivity index (χ4v) is 4.79. The summed E-state index contributed by atoms with van der Waals surface area (Å²) in [6.45, 7) is 7.04. The summed E-state index contributed by atoms with van der Waals surface area (Å²) in [7, 11) is -3.75. The zero-order valence-electron chi connectivity index (χ0n) is 19.7. The van der Waals surface area contributed by atoms with E-state index in [4.69, 9.17) is 0 Å². The normalized spacial score (nSPS) is 12.3. The van der Waals surface area contributed by atoms with Crippen LogP contribution in [-0.2, 0) is 32.6 Å². The molecule has 7 nitrogen and oxygen atoms in total. The summed E-state index contributed by atoms with van der Waals surface area (Å²) in [5.74, 6) is -0.758. The van der Waals surface area contributed by atoms with Gasteiger partial charge < -0.3 is 10.2 Å². The van der Waals surface area contributed by atoms with Crippen LogP contribution < -0.4 is 9.62 Å². The predicted molar refractivity (Wildman–Crippen MR) is 135 cm³/mol. The Bertz CT molecular complexity index is 1090. The first kappa shape index (κ1) is 26.9. The zero-order valence-corrected chi connectivity index (χ0v) is 22.1. The Kier molecular flexibility index (Phi) is 9.48. The number of carbonyl (C=O) groups is 2. The van der Waals surface area contributed by atoms with Crippen LogP contribution in [0.4, 0.5) is 5.69 Å². The molecule has 0 unspecified atom stereocenters. The van der Waals surface area contributed by atoms with Gasteiger partial charge in [0.25, 0.3) is 0 Å². The zero-order chi connectivity index (χ0) is 24.8. The maximum Gasteiger partial charge on any atom is 0.244 e. The fraction of sp³-hybridized carbons (Fsp3) is 0.417. The van der Waals surface area contributed by atoms with Gasteiger partial charge >= 0.3 is 0 Å². The number of hydrogen-bond donors (Lipinski definition) is 1. The van der Waals surface area contributed by atoms with Crippen LogP contribution in [-0.4, -0.2) is 50.0 Å². The van der Waals surface area contributed by atoms with Crippen molar-refractivity contribution in [1.82, 2.24) is 10.2 Å². The number of benzene rings is 2. The lowest BCUT2D eigenvalue weighted by molar-refractivity contribution is -0.139. The number of carbonyl (C=O) groups excluding carboxylic acids is 2. The summed E-state index contributed by atoms with van der Waals surface area (Å²) in [5, 5.41) is 2.83. The van der Waals surface area contributed by atoms with Crippen LogP contribution in [0.5, 0.6) is 0 Å². The Labute approximate surface area is 205 Å². The molecule has 0 aliphatic carbocycles. The Morgan fingerprint density at radius 1 is 1.06 bits per heavy atom. The van der Waals surface area contributed by atoms with Crippen molar-refractivity contribution in [1.29, 1.82) is 0 Å². The largest absolute Gasteiger partial charge is 0.352 e. The quantitative estimate of drug-likeness (QED) is 0.500. The number of nitrogens with zero attached hydrogens (tertiary/aromatic N) is 2. The number of anilines is 1. The predicted octanol–water partition coefficient (Wildman–Crippen LogP) is 3.72. The summed E-state index contributed by atoms with van der Waals surface area (Å²) in [6, 6.07) is 13.7. The molecule has 0 fully saturated rings. The van der Waals surface area contributed by atoms with Crippen molar-refractivity contribution in [2.24, 2.45) is 0 Å². The van der Waals surface area contributed by atoms with Crippen molar-refractivity contribution in [2.45, 2.75) is 52.7 Å². The molecule has 2 aromatic carbocycles. The molecule has 2 aromatic rings. The monoisotopic (exact) mass is 537 g/mol. The van der Waals surface area contributed by atoms with Crippen LogP contribution >= 0.6 is 15.9 Å². The average molecular weight is 539 g/mol. The first-order valence-corrected chi connectivity index (χ1v) is 13.5. The standard InChI is InChI=1S/C24H32BrN3O4S/c1-6-20-11-7-8-13-22(20)28(33(5,31)32)16-23(29)27(18(4)24(30)26-17(2)3)15-19-10-9-12-21(25)14-19/h7-14,17-18H,6,15-16H2,1-5H3,(H,26,30)/t18-/m0/s1. The van der Waals surface area contributed by atoms with Crippen LogP contribution in [0.25, 0.3) is 0 Å². The topological polar surface area (TPSA) is 86.8 Å². The summed E-state index contributed by atoms with van der Waals surface area (Å²) in [6.07, 6.45) is 1.70. The second-order valence-electron chi connectivity index (χ2n) is 8.24. The molecule has 0 bridgehead atoms. The molecule has 1 atom stereocenters. The highest BCUT2D eigenvalue weighted by molar-refractivity contribution is 9.10. The first-order chi connectivity index (χ1) is 15.4. The van der Waals surface area contributed by atoms with Crippen LogP contribution in [0.15, 0.2) is 53.0 Å². The average Bonchev–Trinajstić information content (AvgIpc) is 2.74. The first-order valence-electron chi connectivity index (χ1n) is 10.8. The third kappa shape index (κ3) is 7.57. The van der Waals surface area contributed by atoms with E-state index in [-0.39, 0.29) is 18.5 Å². The highest BCUT2D eigenvalue weighted by Crippen LogP contribution is 2.24. The molecule has 0 aliphatic rings. The van der Waals surface area contributed by atoms with E-state index in [0.717, 1.165) is 26.2 Å². The molecule has 0 saturated carbocycles. The van der Waals surface area contributed by atoms with E-state index in [1.54, 1.807) is 19.1 Å². The second-order valence-corrected chi connectivity index (χ2v) is 11.1. The van der Waals surface area contributed by atoms with Gasteiger partial charge in [0.15, 0.2) is 0 Å². The van der Waals surface area contributed by atoms with Gasteiger partial charge in [-0.1, -0.05) is 53.2 Å². The van der Waals surface area contributed by atoms with Crippen molar-refractivity contribution in [3.05, 3.63) is 64.1 Å². The van der Waals surface area contributed by atoms with Gasteiger partial charge in [0.05, 0.1) is 11.9 Å². The molecule has 180 valence electrons. The molecule has 9 heteroatoms. The highest BCUT2D eigenvalue weighted by Gasteiger charge is 2.30. The molecule has 0 spiro atoms. The molecule has 0 aliphatic heterocycles. The molecule has 33 heavy (non-hydrogen) atoms. The number of sulfonamides is 1. The summed E-state index contributed by atoms with van der Waals surface area (Å²) >= 11 is 3.43. The minimum Gasteiger partial charge on any atom is -0.352 e. The maximum atomic E-state index is 13.5. The molecular formula is C24H32BrN3O4S. The van der Waals surface area contributed by atoms with Gasteiger partial charge in [-0.15, -0.1) is 0 Å². The van der Waals surface area contributed by atoms with Gasteiger partial charge in [0.2, 0.25) is 21.8 Å². The van der Waals surface area contributed by atoms with E-state index in [2.05, 4.69) is 21.2 Å². The molecule has 0 radical (unpaired) electrons. The number of para-hydroxylation sites is 1. The van der Waals surface area contributed by atoms with Crippen molar-refractivity contribution in [2.75, 3.05) is 17.1 Å². The molecule has 2 rings (SSSR count). The minimum absolute atomic E-state index is 0.0910. The molecular weight excluding hydrogens is 506 g/mol. The summed E-state index contributed by atoms with van der Waals surface area (Å²) in [5.41, 5.74) is 2.11. The number of amides is 2. The fourth-order valence-electron chi connectivity index (χ4n) is 3.47. The summed E-state index contributed by atoms with van der Waals surface area (Å²) in [4.78, 5) is 27.7. The Morgan fingerprint density at radius 3 is 2.30 bits per heavy atom. The van der Waals surface area contributed by atoms with E-state index in [1.165, 1.54) is 4.90 Å². The van der Waals surface area contributed by atoms with E-state index in [0.29, 0.717) is 12.1 Å². The second kappa shape index (κ2) is 11.7. The van der Waals surface area contributed by atoms with Gasteiger partial charge in [-0.3, -0.25) is 13.9 Å². The van der Waals surface area contributed by atoms with Crippen molar-refractivity contribution >= 4 is 43.5 Å². The lowest BCUT2D eigenvalue weighted by Gasteiger charge is -2.32. The van der Waals surface area contributed by atoms with Gasteiger partial charge in [0, 0.05) is 17.1 Å². The van der Waals surface area contributed by atoms with E-state index < -0.39 is 28.5 Å².